The van der Waals surface area contributed by atoms with Gasteiger partial charge in [-0.3, -0.25) is 9.05 Å². The van der Waals surface area contributed by atoms with Gasteiger partial charge in [0.05, 0.1) is 23.6 Å². The molecule has 102 valence electrons. The summed E-state index contributed by atoms with van der Waals surface area (Å²) in [7, 11) is -5.74. The Hall–Kier alpha value is -0.730. The molecule has 0 aliphatic carbocycles. The van der Waals surface area contributed by atoms with Crippen molar-refractivity contribution in [2.24, 2.45) is 10.8 Å². The van der Waals surface area contributed by atoms with E-state index in [1.54, 1.807) is 17.1 Å². The third-order valence-corrected chi connectivity index (χ3v) is 4.69. The molecule has 0 unspecified atom stereocenters. The number of rotatable bonds is 1. The molecule has 5 heteroatoms. The second kappa shape index (κ2) is 3.88. The van der Waals surface area contributed by atoms with E-state index in [0.717, 1.165) is 0 Å². The molecule has 0 saturated heterocycles. The number of nitrogens with zero attached hydrogens (tertiary/aromatic N) is 1. The summed E-state index contributed by atoms with van der Waals surface area (Å²) in [5, 5.41) is 0. The van der Waals surface area contributed by atoms with Crippen molar-refractivity contribution in [2.75, 3.05) is 7.04 Å². The Balaban J connectivity index is 2.37. The molecule has 0 aromatic carbocycles. The fraction of sp³-hybridized carbons (Fsp3) is 0.692. The first kappa shape index (κ1) is 10.1. The molecule has 2 aliphatic heterocycles. The molecule has 0 spiro atoms. The lowest BCUT2D eigenvalue weighted by molar-refractivity contribution is 0.178. The van der Waals surface area contributed by atoms with E-state index in [0.29, 0.717) is 11.5 Å². The molecule has 4 nitrogen and oxygen atoms in total. The fourth-order valence-electron chi connectivity index (χ4n) is 1.57. The molecule has 0 radical (unpaired) electrons. The molecule has 0 N–H and O–H groups in total. The quantitative estimate of drug-likeness (QED) is 0.662. The van der Waals surface area contributed by atoms with Crippen LogP contribution in [0.5, 0.6) is 0 Å². The first-order chi connectivity index (χ1) is 9.23. The molecule has 2 aliphatic rings. The zero-order valence-corrected chi connectivity index (χ0v) is 12.7. The van der Waals surface area contributed by atoms with E-state index in [-0.39, 0.29) is 10.8 Å². The SMILES string of the molecule is [2H]C([2H])([2H])O[P+]12OC(C(C)(C)C)=CN1C=C(C(C)(C)C)O2. The normalized spacial score (nSPS) is 25.2. The molecule has 2 heterocycles. The van der Waals surface area contributed by atoms with E-state index in [9.17, 15) is 0 Å². The van der Waals surface area contributed by atoms with Gasteiger partial charge >= 0.3 is 8.09 Å². The second-order valence-electron chi connectivity index (χ2n) is 6.61. The highest BCUT2D eigenvalue weighted by atomic mass is 31.2. The number of hydrogen-bond donors (Lipinski definition) is 0. The van der Waals surface area contributed by atoms with Crippen LogP contribution in [-0.2, 0) is 13.6 Å². The lowest BCUT2D eigenvalue weighted by Gasteiger charge is -2.21. The van der Waals surface area contributed by atoms with Crippen molar-refractivity contribution in [3.05, 3.63) is 23.9 Å². The summed E-state index contributed by atoms with van der Waals surface area (Å²) in [6.07, 6.45) is 3.55. The second-order valence-corrected chi connectivity index (χ2v) is 8.56. The Kier molecular flexibility index (Phi) is 2.18. The summed E-state index contributed by atoms with van der Waals surface area (Å²) in [6.45, 7) is 11.9. The zero-order valence-electron chi connectivity index (χ0n) is 14.8. The molecule has 0 saturated carbocycles. The first-order valence-electron chi connectivity index (χ1n) is 7.45. The Morgan fingerprint density at radius 1 is 1.06 bits per heavy atom. The van der Waals surface area contributed by atoms with Gasteiger partial charge in [-0.1, -0.05) is 41.5 Å². The molecule has 18 heavy (non-hydrogen) atoms. The minimum absolute atomic E-state index is 0.255. The molecule has 0 amide bonds. The number of fused-ring (bicyclic) bond motifs is 1. The molecule has 0 fully saturated rings. The highest BCUT2D eigenvalue weighted by molar-refractivity contribution is 7.60. The van der Waals surface area contributed by atoms with Crippen molar-refractivity contribution >= 4 is 8.09 Å². The van der Waals surface area contributed by atoms with Crippen LogP contribution < -0.4 is 0 Å². The monoisotopic (exact) mass is 275 g/mol. The molecular formula is C13H23NO3P+. The lowest BCUT2D eigenvalue weighted by Crippen LogP contribution is -2.13. The van der Waals surface area contributed by atoms with Crippen molar-refractivity contribution < 1.29 is 17.7 Å². The van der Waals surface area contributed by atoms with E-state index in [4.69, 9.17) is 17.7 Å². The van der Waals surface area contributed by atoms with Crippen molar-refractivity contribution in [1.82, 2.24) is 4.67 Å². The Labute approximate surface area is 114 Å². The average molecular weight is 275 g/mol. The highest BCUT2D eigenvalue weighted by Gasteiger charge is 2.65. The standard InChI is InChI=1S/C13H23NO3P/c1-12(2,3)10-8-14-9-11(13(4,5)6)17-18(14,15-7)16-10/h8-9H,1-7H3/q+1/i7D3. The van der Waals surface area contributed by atoms with Crippen molar-refractivity contribution in [3.63, 3.8) is 0 Å². The zero-order chi connectivity index (χ0) is 16.3. The Morgan fingerprint density at radius 2 is 1.50 bits per heavy atom. The molecule has 0 bridgehead atoms. The van der Waals surface area contributed by atoms with Crippen LogP contribution in [0.1, 0.15) is 45.7 Å². The van der Waals surface area contributed by atoms with Gasteiger partial charge < -0.3 is 0 Å². The summed E-state index contributed by atoms with van der Waals surface area (Å²) >= 11 is 0. The van der Waals surface area contributed by atoms with E-state index in [1.807, 2.05) is 41.5 Å². The van der Waals surface area contributed by atoms with Gasteiger partial charge in [-0.25, -0.2) is 0 Å². The van der Waals surface area contributed by atoms with E-state index in [2.05, 4.69) is 0 Å². The summed E-state index contributed by atoms with van der Waals surface area (Å²) in [4.78, 5) is 0. The smallest absolute Gasteiger partial charge is 0.261 e. The van der Waals surface area contributed by atoms with Crippen LogP contribution in [0.25, 0.3) is 0 Å². The van der Waals surface area contributed by atoms with Crippen LogP contribution in [-0.4, -0.2) is 11.7 Å². The van der Waals surface area contributed by atoms with Crippen LogP contribution in [0.4, 0.5) is 0 Å². The summed E-state index contributed by atoms with van der Waals surface area (Å²) in [5.41, 5.74) is -0.511. The summed E-state index contributed by atoms with van der Waals surface area (Å²) < 4.78 is 40.8. The van der Waals surface area contributed by atoms with Gasteiger partial charge in [-0.15, -0.1) is 9.19 Å². The summed E-state index contributed by atoms with van der Waals surface area (Å²) in [5.74, 6) is 1.31. The van der Waals surface area contributed by atoms with Crippen LogP contribution in [0.2, 0.25) is 0 Å². The van der Waals surface area contributed by atoms with Crippen molar-refractivity contribution in [2.45, 2.75) is 41.5 Å². The van der Waals surface area contributed by atoms with E-state index >= 15 is 0 Å². The Morgan fingerprint density at radius 3 is 1.83 bits per heavy atom. The number of allylic oxidation sites excluding steroid dienone is 2. The average Bonchev–Trinajstić information content (AvgIpc) is 2.64. The van der Waals surface area contributed by atoms with Crippen LogP contribution in [0.3, 0.4) is 0 Å². The van der Waals surface area contributed by atoms with E-state index in [1.165, 1.54) is 0 Å². The lowest BCUT2D eigenvalue weighted by atomic mass is 9.94. The van der Waals surface area contributed by atoms with Crippen LogP contribution >= 0.6 is 8.09 Å². The predicted molar refractivity (Wildman–Crippen MR) is 73.0 cm³/mol. The van der Waals surface area contributed by atoms with Crippen LogP contribution in [0, 0.1) is 10.8 Å². The maximum absolute atomic E-state index is 7.39. The molecule has 2 rings (SSSR count). The third-order valence-electron chi connectivity index (χ3n) is 2.80. The largest absolute Gasteiger partial charge is 0.625 e. The summed E-state index contributed by atoms with van der Waals surface area (Å²) in [6, 6.07) is 0. The topological polar surface area (TPSA) is 30.9 Å². The van der Waals surface area contributed by atoms with Crippen LogP contribution in [0.15, 0.2) is 23.9 Å². The minimum atomic E-state index is -3.15. The fourth-order valence-corrected chi connectivity index (χ4v) is 3.60. The van der Waals surface area contributed by atoms with Gasteiger partial charge in [0.1, 0.15) is 0 Å². The molecular weight excluding hydrogens is 249 g/mol. The minimum Gasteiger partial charge on any atom is -0.261 e. The Bertz CT molecular complexity index is 466. The third kappa shape index (κ3) is 2.12. The molecule has 0 atom stereocenters. The van der Waals surface area contributed by atoms with Gasteiger partial charge in [0, 0.05) is 10.8 Å². The maximum Gasteiger partial charge on any atom is 0.625 e. The van der Waals surface area contributed by atoms with Gasteiger partial charge in [0.15, 0.2) is 11.5 Å². The first-order valence-corrected chi connectivity index (χ1v) is 7.45. The van der Waals surface area contributed by atoms with E-state index < -0.39 is 15.1 Å². The predicted octanol–water partition coefficient (Wildman–Crippen LogP) is 4.45. The van der Waals surface area contributed by atoms with Crippen molar-refractivity contribution in [1.29, 1.82) is 0 Å². The van der Waals surface area contributed by atoms with Crippen molar-refractivity contribution in [3.8, 4) is 0 Å². The molecule has 0 aromatic rings. The van der Waals surface area contributed by atoms with Gasteiger partial charge in [-0.05, 0) is 0 Å². The van der Waals surface area contributed by atoms with Gasteiger partial charge in [0.2, 0.25) is 0 Å². The number of hydrogen-bond acceptors (Lipinski definition) is 4. The highest BCUT2D eigenvalue weighted by Crippen LogP contribution is 2.75. The maximum atomic E-state index is 7.39. The van der Waals surface area contributed by atoms with Gasteiger partial charge in [0.25, 0.3) is 0 Å². The van der Waals surface area contributed by atoms with Gasteiger partial charge in [-0.2, -0.15) is 0 Å². The molecule has 0 aromatic heterocycles.